The Hall–Kier alpha value is -1.47. The van der Waals surface area contributed by atoms with Crippen molar-refractivity contribution in [2.45, 2.75) is 56.2 Å². The number of benzene rings is 1. The molecule has 1 spiro atoms. The van der Waals surface area contributed by atoms with Crippen molar-refractivity contribution in [3.63, 3.8) is 0 Å². The molecule has 4 aliphatic heterocycles. The molecule has 25 heavy (non-hydrogen) atoms. The Morgan fingerprint density at radius 3 is 2.56 bits per heavy atom. The summed E-state index contributed by atoms with van der Waals surface area (Å²) in [5.74, 6) is -1.18. The summed E-state index contributed by atoms with van der Waals surface area (Å²) >= 11 is 0. The molecule has 1 aromatic carbocycles. The smallest absolute Gasteiger partial charge is 0.335 e. The molecular weight excluding hydrogens is 324 g/mol. The lowest BCUT2D eigenvalue weighted by molar-refractivity contribution is -0.573. The molecule has 5 atom stereocenters. The summed E-state index contributed by atoms with van der Waals surface area (Å²) < 4.78 is 12.4. The van der Waals surface area contributed by atoms with Gasteiger partial charge >= 0.3 is 5.97 Å². The Morgan fingerprint density at radius 2 is 1.80 bits per heavy atom. The molecule has 6 nitrogen and oxygen atoms in total. The Bertz CT molecular complexity index is 686. The molecule has 5 aliphatic rings. The second-order valence-corrected chi connectivity index (χ2v) is 7.63. The predicted molar refractivity (Wildman–Crippen MR) is 85.5 cm³/mol. The maximum Gasteiger partial charge on any atom is 0.335 e. The molecule has 2 bridgehead atoms. The molecule has 0 aromatic heterocycles. The van der Waals surface area contributed by atoms with Gasteiger partial charge in [-0.1, -0.05) is 18.6 Å². The normalized spacial score (nSPS) is 42.5. The van der Waals surface area contributed by atoms with Gasteiger partial charge in [0, 0.05) is 12.0 Å². The zero-order valence-corrected chi connectivity index (χ0v) is 14.0. The highest BCUT2D eigenvalue weighted by Gasteiger charge is 2.66. The SMILES string of the molecule is O=C(O)c1ccc([C@@]23CC[C@H]4CCC[C@H]5CCO[C@H](O2)[C@@]45OO3)cc1. The van der Waals surface area contributed by atoms with Crippen LogP contribution in [0.15, 0.2) is 24.3 Å². The second-order valence-electron chi connectivity index (χ2n) is 7.63. The molecule has 6 rings (SSSR count). The quantitative estimate of drug-likeness (QED) is 0.829. The lowest BCUT2D eigenvalue weighted by Gasteiger charge is -2.56. The number of hydrogen-bond acceptors (Lipinski definition) is 5. The molecule has 4 saturated heterocycles. The minimum absolute atomic E-state index is 0.240. The first-order valence-electron chi connectivity index (χ1n) is 9.14. The molecule has 1 aromatic rings. The van der Waals surface area contributed by atoms with Crippen molar-refractivity contribution in [2.24, 2.45) is 11.8 Å². The van der Waals surface area contributed by atoms with Crippen LogP contribution in [0.5, 0.6) is 0 Å². The van der Waals surface area contributed by atoms with E-state index < -0.39 is 23.6 Å². The van der Waals surface area contributed by atoms with Gasteiger partial charge < -0.3 is 14.6 Å². The van der Waals surface area contributed by atoms with Gasteiger partial charge in [-0.25, -0.2) is 9.68 Å². The highest BCUT2D eigenvalue weighted by molar-refractivity contribution is 5.87. The maximum atomic E-state index is 11.1. The van der Waals surface area contributed by atoms with Gasteiger partial charge in [0.1, 0.15) is 0 Å². The van der Waals surface area contributed by atoms with Gasteiger partial charge in [-0.15, -0.1) is 0 Å². The first kappa shape index (κ1) is 15.8. The van der Waals surface area contributed by atoms with E-state index >= 15 is 0 Å². The summed E-state index contributed by atoms with van der Waals surface area (Å²) in [6, 6.07) is 6.65. The first-order chi connectivity index (χ1) is 12.1. The van der Waals surface area contributed by atoms with Crippen molar-refractivity contribution in [3.05, 3.63) is 35.4 Å². The molecule has 1 aliphatic carbocycles. The number of ether oxygens (including phenoxy) is 2. The van der Waals surface area contributed by atoms with Crippen molar-refractivity contribution in [1.82, 2.24) is 0 Å². The number of rotatable bonds is 2. The molecule has 1 saturated carbocycles. The van der Waals surface area contributed by atoms with Crippen molar-refractivity contribution in [1.29, 1.82) is 0 Å². The monoisotopic (exact) mass is 346 g/mol. The fraction of sp³-hybridized carbons (Fsp3) is 0.632. The number of carboxylic acid groups (broad SMARTS) is 1. The molecule has 0 amide bonds. The number of carbonyl (C=O) groups is 1. The van der Waals surface area contributed by atoms with Crippen molar-refractivity contribution in [3.8, 4) is 0 Å². The fourth-order valence-corrected chi connectivity index (χ4v) is 5.19. The maximum absolute atomic E-state index is 11.1. The van der Waals surface area contributed by atoms with Crippen LogP contribution >= 0.6 is 0 Å². The van der Waals surface area contributed by atoms with Gasteiger partial charge in [-0.2, -0.15) is 4.89 Å². The van der Waals surface area contributed by atoms with Crippen LogP contribution in [-0.4, -0.2) is 29.6 Å². The summed E-state index contributed by atoms with van der Waals surface area (Å²) in [4.78, 5) is 23.2. The molecular formula is C19H22O6. The lowest BCUT2D eigenvalue weighted by Crippen LogP contribution is -2.65. The topological polar surface area (TPSA) is 74.2 Å². The predicted octanol–water partition coefficient (Wildman–Crippen LogP) is 3.21. The minimum atomic E-state index is -1.02. The molecule has 0 unspecified atom stereocenters. The molecule has 4 heterocycles. The van der Waals surface area contributed by atoms with Crippen LogP contribution < -0.4 is 0 Å². The van der Waals surface area contributed by atoms with E-state index in [1.807, 2.05) is 0 Å². The van der Waals surface area contributed by atoms with Gasteiger partial charge in [0.05, 0.1) is 12.2 Å². The summed E-state index contributed by atoms with van der Waals surface area (Å²) in [5, 5.41) is 9.11. The van der Waals surface area contributed by atoms with Crippen molar-refractivity contribution >= 4 is 5.97 Å². The number of hydrogen-bond donors (Lipinski definition) is 1. The highest BCUT2D eigenvalue weighted by Crippen LogP contribution is 2.59. The van der Waals surface area contributed by atoms with E-state index in [1.54, 1.807) is 24.3 Å². The molecule has 0 radical (unpaired) electrons. The number of aromatic carboxylic acids is 1. The Morgan fingerprint density at radius 1 is 1.04 bits per heavy atom. The van der Waals surface area contributed by atoms with Gasteiger partial charge in [0.2, 0.25) is 5.79 Å². The average Bonchev–Trinajstić information content (AvgIpc) is 2.90. The van der Waals surface area contributed by atoms with E-state index in [0.29, 0.717) is 24.9 Å². The standard InChI is InChI=1S/C19H22O6/c20-16(21)12-4-6-13(7-5-12)18-10-8-14-2-1-3-15-9-11-22-17(23-18)19(14,15)25-24-18/h4-7,14-15,17H,1-3,8-11H2,(H,20,21)/t14-,15+,17-,18+,19-/m1/s1. The van der Waals surface area contributed by atoms with Gasteiger partial charge in [0.25, 0.3) is 0 Å². The average molecular weight is 346 g/mol. The fourth-order valence-electron chi connectivity index (χ4n) is 5.19. The summed E-state index contributed by atoms with van der Waals surface area (Å²) in [7, 11) is 0. The van der Waals surface area contributed by atoms with Crippen molar-refractivity contribution in [2.75, 3.05) is 6.61 Å². The lowest BCUT2D eigenvalue weighted by atomic mass is 9.65. The van der Waals surface area contributed by atoms with E-state index in [9.17, 15) is 4.79 Å². The third-order valence-corrected chi connectivity index (χ3v) is 6.50. The van der Waals surface area contributed by atoms with Crippen LogP contribution in [0, 0.1) is 11.8 Å². The van der Waals surface area contributed by atoms with Crippen LogP contribution in [0.3, 0.4) is 0 Å². The van der Waals surface area contributed by atoms with E-state index in [-0.39, 0.29) is 5.56 Å². The van der Waals surface area contributed by atoms with Gasteiger partial charge in [0.15, 0.2) is 11.9 Å². The third-order valence-electron chi connectivity index (χ3n) is 6.50. The van der Waals surface area contributed by atoms with E-state index in [2.05, 4.69) is 0 Å². The number of fused-ring (bicyclic) bond motifs is 2. The molecule has 6 heteroatoms. The highest BCUT2D eigenvalue weighted by atomic mass is 17.3. The molecule has 1 N–H and O–H groups in total. The summed E-state index contributed by atoms with van der Waals surface area (Å²) in [5.41, 5.74) is 0.527. The van der Waals surface area contributed by atoms with Crippen LogP contribution in [0.2, 0.25) is 0 Å². The third kappa shape index (κ3) is 2.15. The zero-order chi connectivity index (χ0) is 17.1. The first-order valence-corrected chi connectivity index (χ1v) is 9.14. The largest absolute Gasteiger partial charge is 0.478 e. The number of carboxylic acids is 1. The van der Waals surface area contributed by atoms with Gasteiger partial charge in [-0.3, -0.25) is 0 Å². The van der Waals surface area contributed by atoms with Crippen LogP contribution in [0.25, 0.3) is 0 Å². The Kier molecular flexibility index (Phi) is 3.47. The zero-order valence-electron chi connectivity index (χ0n) is 14.0. The van der Waals surface area contributed by atoms with Crippen LogP contribution in [0.4, 0.5) is 0 Å². The van der Waals surface area contributed by atoms with Crippen LogP contribution in [0.1, 0.15) is 54.4 Å². The van der Waals surface area contributed by atoms with Gasteiger partial charge in [-0.05, 0) is 49.7 Å². The molecule has 134 valence electrons. The Balaban J connectivity index is 1.53. The van der Waals surface area contributed by atoms with Crippen LogP contribution in [-0.2, 0) is 25.0 Å². The summed E-state index contributed by atoms with van der Waals surface area (Å²) in [6.45, 7) is 0.682. The second kappa shape index (κ2) is 5.51. The molecule has 5 fully saturated rings. The Labute approximate surface area is 145 Å². The van der Waals surface area contributed by atoms with E-state index in [0.717, 1.165) is 31.2 Å². The minimum Gasteiger partial charge on any atom is -0.478 e. The van der Waals surface area contributed by atoms with E-state index in [1.165, 1.54) is 6.42 Å². The van der Waals surface area contributed by atoms with E-state index in [4.69, 9.17) is 24.4 Å². The van der Waals surface area contributed by atoms with Crippen molar-refractivity contribution < 1.29 is 29.1 Å². The summed E-state index contributed by atoms with van der Waals surface area (Å²) in [6.07, 6.45) is 5.65.